The van der Waals surface area contributed by atoms with Gasteiger partial charge < -0.3 is 14.4 Å². The minimum Gasteiger partial charge on any atom is -0.340 e. The Morgan fingerprint density at radius 3 is 1.91 bits per heavy atom. The summed E-state index contributed by atoms with van der Waals surface area (Å²) in [7, 11) is -3.89. The molecule has 0 aliphatic carbocycles. The third-order valence-corrected chi connectivity index (χ3v) is 5.16. The summed E-state index contributed by atoms with van der Waals surface area (Å²) in [4.78, 5) is 18.0. The highest BCUT2D eigenvalue weighted by molar-refractivity contribution is 7.51. The minimum atomic E-state index is -3.89. The molecule has 5 heteroatoms. The minimum absolute atomic E-state index is 0.0395. The Hall–Kier alpha value is -1.61. The van der Waals surface area contributed by atoms with Crippen LogP contribution in [0.1, 0.15) is 24.0 Å². The molecule has 23 heavy (non-hydrogen) atoms. The number of benzene rings is 2. The number of rotatable bonds is 5. The molecule has 0 aliphatic heterocycles. The molecule has 2 N–H and O–H groups in total. The van der Waals surface area contributed by atoms with Crippen molar-refractivity contribution in [3.05, 3.63) is 47.5 Å². The van der Waals surface area contributed by atoms with Gasteiger partial charge in [0.25, 0.3) is 0 Å². The lowest BCUT2D eigenvalue weighted by Crippen LogP contribution is -1.99. The maximum absolute atomic E-state index is 11.0. The number of fused-ring (bicyclic) bond motifs is 3. The van der Waals surface area contributed by atoms with Crippen molar-refractivity contribution in [2.75, 3.05) is 6.16 Å². The molecule has 122 valence electrons. The van der Waals surface area contributed by atoms with Crippen molar-refractivity contribution >= 4 is 29.4 Å². The van der Waals surface area contributed by atoms with Gasteiger partial charge in [-0.1, -0.05) is 24.3 Å². The van der Waals surface area contributed by atoms with Gasteiger partial charge in [-0.15, -0.1) is 0 Å². The first kappa shape index (κ1) is 16.3. The van der Waals surface area contributed by atoms with Crippen molar-refractivity contribution in [1.29, 1.82) is 0 Å². The Labute approximate surface area is 135 Å². The standard InChI is InChI=1S/C18H22NO3P/c1-13-5-7-15-16-8-6-14(2)12-18(16)19(17(15)11-13)9-3-4-10-23(20,21)22/h5-8,11-12H,3-4,9-10H2,1-2H3,(H2,20,21,22). The normalized spacial score (nSPS) is 12.3. The van der Waals surface area contributed by atoms with Gasteiger partial charge in [-0.2, -0.15) is 0 Å². The van der Waals surface area contributed by atoms with E-state index in [9.17, 15) is 4.57 Å². The summed E-state index contributed by atoms with van der Waals surface area (Å²) in [5.41, 5.74) is 4.82. The first-order chi connectivity index (χ1) is 10.8. The van der Waals surface area contributed by atoms with Crippen LogP contribution in [0.2, 0.25) is 0 Å². The van der Waals surface area contributed by atoms with Crippen molar-refractivity contribution in [2.45, 2.75) is 33.2 Å². The molecule has 0 saturated carbocycles. The highest BCUT2D eigenvalue weighted by Crippen LogP contribution is 2.36. The second-order valence-corrected chi connectivity index (χ2v) is 8.06. The molecule has 1 heterocycles. The van der Waals surface area contributed by atoms with Crippen LogP contribution >= 0.6 is 7.60 Å². The van der Waals surface area contributed by atoms with Crippen LogP contribution < -0.4 is 0 Å². The molecular formula is C18H22NO3P. The average molecular weight is 331 g/mol. The van der Waals surface area contributed by atoms with Crippen LogP contribution in [0.25, 0.3) is 21.8 Å². The van der Waals surface area contributed by atoms with E-state index in [1.807, 2.05) is 0 Å². The van der Waals surface area contributed by atoms with E-state index in [4.69, 9.17) is 9.79 Å². The quantitative estimate of drug-likeness (QED) is 0.539. The fraction of sp³-hybridized carbons (Fsp3) is 0.333. The summed E-state index contributed by atoms with van der Waals surface area (Å²) >= 11 is 0. The molecule has 0 atom stereocenters. The van der Waals surface area contributed by atoms with Gasteiger partial charge in [0.2, 0.25) is 0 Å². The average Bonchev–Trinajstić information content (AvgIpc) is 2.75. The summed E-state index contributed by atoms with van der Waals surface area (Å²) in [6, 6.07) is 12.9. The predicted octanol–water partition coefficient (Wildman–Crippen LogP) is 4.37. The van der Waals surface area contributed by atoms with Gasteiger partial charge in [0.1, 0.15) is 0 Å². The van der Waals surface area contributed by atoms with Gasteiger partial charge >= 0.3 is 7.60 Å². The summed E-state index contributed by atoms with van der Waals surface area (Å²) < 4.78 is 13.3. The molecule has 4 nitrogen and oxygen atoms in total. The SMILES string of the molecule is Cc1ccc2c3ccc(C)cc3n(CCCCP(=O)(O)O)c2c1. The third-order valence-electron chi connectivity index (χ3n) is 4.26. The fourth-order valence-corrected chi connectivity index (χ4v) is 3.78. The summed E-state index contributed by atoms with van der Waals surface area (Å²) in [6.07, 6.45) is 1.25. The van der Waals surface area contributed by atoms with E-state index in [1.165, 1.54) is 32.9 Å². The van der Waals surface area contributed by atoms with Crippen LogP contribution in [0.5, 0.6) is 0 Å². The molecule has 2 aromatic carbocycles. The van der Waals surface area contributed by atoms with Crippen LogP contribution in [0, 0.1) is 13.8 Å². The Kier molecular flexibility index (Phi) is 4.33. The first-order valence-corrected chi connectivity index (χ1v) is 9.69. The predicted molar refractivity (Wildman–Crippen MR) is 95.1 cm³/mol. The van der Waals surface area contributed by atoms with Gasteiger partial charge in [0.15, 0.2) is 0 Å². The molecular weight excluding hydrogens is 309 g/mol. The Morgan fingerprint density at radius 1 is 0.913 bits per heavy atom. The van der Waals surface area contributed by atoms with Crippen LogP contribution in [0.4, 0.5) is 0 Å². The van der Waals surface area contributed by atoms with E-state index in [0.717, 1.165) is 13.0 Å². The Balaban J connectivity index is 2.00. The molecule has 3 rings (SSSR count). The van der Waals surface area contributed by atoms with Gasteiger partial charge in [-0.05, 0) is 49.9 Å². The van der Waals surface area contributed by atoms with Crippen LogP contribution in [0.3, 0.4) is 0 Å². The smallest absolute Gasteiger partial charge is 0.325 e. The maximum atomic E-state index is 11.0. The molecule has 0 radical (unpaired) electrons. The monoisotopic (exact) mass is 331 g/mol. The van der Waals surface area contributed by atoms with Crippen LogP contribution in [-0.2, 0) is 11.1 Å². The lowest BCUT2D eigenvalue weighted by atomic mass is 10.1. The van der Waals surface area contributed by atoms with Gasteiger partial charge in [-0.25, -0.2) is 0 Å². The van der Waals surface area contributed by atoms with Gasteiger partial charge in [-0.3, -0.25) is 4.57 Å². The number of aryl methyl sites for hydroxylation is 3. The topological polar surface area (TPSA) is 62.5 Å². The molecule has 0 amide bonds. The highest BCUT2D eigenvalue weighted by Gasteiger charge is 2.13. The second-order valence-electron chi connectivity index (χ2n) is 6.29. The molecule has 1 aromatic heterocycles. The van der Waals surface area contributed by atoms with E-state index in [0.29, 0.717) is 6.42 Å². The zero-order valence-corrected chi connectivity index (χ0v) is 14.4. The second kappa shape index (κ2) is 6.12. The largest absolute Gasteiger partial charge is 0.340 e. The Morgan fingerprint density at radius 2 is 1.43 bits per heavy atom. The molecule has 3 aromatic rings. The van der Waals surface area contributed by atoms with Crippen molar-refractivity contribution in [3.63, 3.8) is 0 Å². The van der Waals surface area contributed by atoms with E-state index >= 15 is 0 Å². The number of hydrogen-bond donors (Lipinski definition) is 2. The zero-order valence-electron chi connectivity index (χ0n) is 13.5. The molecule has 0 fully saturated rings. The lowest BCUT2D eigenvalue weighted by molar-refractivity contribution is 0.370. The summed E-state index contributed by atoms with van der Waals surface area (Å²) in [5.74, 6) is 0. The molecule has 0 spiro atoms. The van der Waals surface area contributed by atoms with Crippen molar-refractivity contribution < 1.29 is 14.4 Å². The number of hydrogen-bond acceptors (Lipinski definition) is 1. The number of aromatic nitrogens is 1. The zero-order chi connectivity index (χ0) is 16.6. The van der Waals surface area contributed by atoms with E-state index in [1.54, 1.807) is 0 Å². The number of unbranched alkanes of at least 4 members (excludes halogenated alkanes) is 1. The maximum Gasteiger partial charge on any atom is 0.325 e. The first-order valence-electron chi connectivity index (χ1n) is 7.89. The van der Waals surface area contributed by atoms with E-state index in [-0.39, 0.29) is 6.16 Å². The lowest BCUT2D eigenvalue weighted by Gasteiger charge is -2.09. The van der Waals surface area contributed by atoms with Gasteiger partial charge in [0.05, 0.1) is 0 Å². The molecule has 0 bridgehead atoms. The summed E-state index contributed by atoms with van der Waals surface area (Å²) in [5, 5.41) is 2.47. The van der Waals surface area contributed by atoms with Crippen molar-refractivity contribution in [3.8, 4) is 0 Å². The van der Waals surface area contributed by atoms with E-state index < -0.39 is 7.60 Å². The third kappa shape index (κ3) is 3.50. The van der Waals surface area contributed by atoms with Crippen molar-refractivity contribution in [2.24, 2.45) is 0 Å². The molecule has 0 saturated heterocycles. The molecule has 0 unspecified atom stereocenters. The molecule has 0 aliphatic rings. The van der Waals surface area contributed by atoms with Crippen LogP contribution in [0.15, 0.2) is 36.4 Å². The van der Waals surface area contributed by atoms with Crippen LogP contribution in [-0.4, -0.2) is 20.5 Å². The summed E-state index contributed by atoms with van der Waals surface area (Å²) in [6.45, 7) is 4.94. The van der Waals surface area contributed by atoms with Gasteiger partial charge in [0, 0.05) is 34.5 Å². The Bertz CT molecular complexity index is 848. The highest BCUT2D eigenvalue weighted by atomic mass is 31.2. The fourth-order valence-electron chi connectivity index (χ4n) is 3.14. The van der Waals surface area contributed by atoms with E-state index in [2.05, 4.69) is 54.8 Å². The van der Waals surface area contributed by atoms with Crippen molar-refractivity contribution in [1.82, 2.24) is 4.57 Å². The number of nitrogens with zero attached hydrogens (tertiary/aromatic N) is 1.